The number of nitrogens with one attached hydrogen (secondary N) is 1. The van der Waals surface area contributed by atoms with E-state index >= 15 is 0 Å². The van der Waals surface area contributed by atoms with Gasteiger partial charge in [0, 0.05) is 13.0 Å². The first-order valence-electron chi connectivity index (χ1n) is 5.11. The van der Waals surface area contributed by atoms with Crippen LogP contribution in [0.25, 0.3) is 0 Å². The van der Waals surface area contributed by atoms with Gasteiger partial charge in [-0.3, -0.25) is 0 Å². The van der Waals surface area contributed by atoms with Crippen molar-refractivity contribution in [3.8, 4) is 17.9 Å². The number of nitrogens with zero attached hydrogens (tertiary/aromatic N) is 1. The summed E-state index contributed by atoms with van der Waals surface area (Å²) in [7, 11) is -3.89. The molecule has 6 heteroatoms. The maximum absolute atomic E-state index is 13.3. The minimum Gasteiger partial charge on any atom is -0.210 e. The van der Waals surface area contributed by atoms with Crippen molar-refractivity contribution in [2.24, 2.45) is 0 Å². The van der Waals surface area contributed by atoms with E-state index in [9.17, 15) is 12.8 Å². The van der Waals surface area contributed by atoms with Gasteiger partial charge in [-0.1, -0.05) is 6.07 Å². The molecule has 94 valence electrons. The maximum Gasteiger partial charge on any atom is 0.242 e. The van der Waals surface area contributed by atoms with Crippen LogP contribution in [0.4, 0.5) is 4.39 Å². The molecule has 0 aromatic heterocycles. The van der Waals surface area contributed by atoms with Crippen molar-refractivity contribution >= 4 is 10.0 Å². The molecule has 0 bridgehead atoms. The van der Waals surface area contributed by atoms with Gasteiger partial charge < -0.3 is 0 Å². The number of rotatable bonds is 4. The lowest BCUT2D eigenvalue weighted by molar-refractivity contribution is 0.577. The van der Waals surface area contributed by atoms with E-state index in [1.807, 2.05) is 0 Å². The van der Waals surface area contributed by atoms with Gasteiger partial charge >= 0.3 is 0 Å². The third-order valence-corrected chi connectivity index (χ3v) is 3.60. The first-order valence-corrected chi connectivity index (χ1v) is 6.59. The Balaban J connectivity index is 3.02. The normalized spacial score (nSPS) is 10.3. The van der Waals surface area contributed by atoms with E-state index in [1.54, 1.807) is 13.0 Å². The lowest BCUT2D eigenvalue weighted by atomic mass is 10.2. The zero-order valence-corrected chi connectivity index (χ0v) is 10.5. The number of benzene rings is 1. The van der Waals surface area contributed by atoms with Gasteiger partial charge in [-0.05, 0) is 19.1 Å². The summed E-state index contributed by atoms with van der Waals surface area (Å²) in [5.74, 6) is 4.47. The van der Waals surface area contributed by atoms with Crippen LogP contribution in [0.15, 0.2) is 23.1 Å². The van der Waals surface area contributed by atoms with E-state index in [2.05, 4.69) is 16.6 Å². The molecule has 0 amide bonds. The molecule has 4 nitrogen and oxygen atoms in total. The molecule has 0 aliphatic heterocycles. The van der Waals surface area contributed by atoms with Crippen LogP contribution < -0.4 is 4.72 Å². The molecule has 0 atom stereocenters. The lowest BCUT2D eigenvalue weighted by Crippen LogP contribution is -2.25. The van der Waals surface area contributed by atoms with Crippen molar-refractivity contribution in [2.45, 2.75) is 18.2 Å². The summed E-state index contributed by atoms with van der Waals surface area (Å²) in [5.41, 5.74) is -0.480. The Bertz CT molecular complexity index is 636. The molecule has 0 aliphatic carbocycles. The fraction of sp³-hybridized carbons (Fsp3) is 0.250. The van der Waals surface area contributed by atoms with Gasteiger partial charge in [0.05, 0.1) is 0 Å². The summed E-state index contributed by atoms with van der Waals surface area (Å²) in [6.45, 7) is 1.76. The minimum absolute atomic E-state index is 0.116. The monoisotopic (exact) mass is 266 g/mol. The zero-order valence-electron chi connectivity index (χ0n) is 9.70. The van der Waals surface area contributed by atoms with Crippen LogP contribution in [0.5, 0.6) is 0 Å². The molecular weight excluding hydrogens is 255 g/mol. The number of hydrogen-bond acceptors (Lipinski definition) is 3. The molecule has 18 heavy (non-hydrogen) atoms. The average Bonchev–Trinajstić information content (AvgIpc) is 2.34. The van der Waals surface area contributed by atoms with Crippen molar-refractivity contribution in [1.29, 1.82) is 5.26 Å². The van der Waals surface area contributed by atoms with Gasteiger partial charge in [-0.15, -0.1) is 11.8 Å². The van der Waals surface area contributed by atoms with E-state index in [0.29, 0.717) is 6.42 Å². The standard InChI is InChI=1S/C12H11FN2O2S/c1-2-3-4-8-15-18(16,17)12-7-5-6-11(13)10(12)9-14/h5-7,15H,4,8H2,1H3. The highest BCUT2D eigenvalue weighted by molar-refractivity contribution is 7.89. The molecule has 0 spiro atoms. The highest BCUT2D eigenvalue weighted by Gasteiger charge is 2.20. The molecule has 0 radical (unpaired) electrons. The number of nitriles is 1. The van der Waals surface area contributed by atoms with E-state index in [1.165, 1.54) is 12.1 Å². The summed E-state index contributed by atoms with van der Waals surface area (Å²) >= 11 is 0. The Morgan fingerprint density at radius 3 is 2.78 bits per heavy atom. The molecular formula is C12H11FN2O2S. The Hall–Kier alpha value is -1.89. The van der Waals surface area contributed by atoms with Gasteiger partial charge in [-0.2, -0.15) is 5.26 Å². The third kappa shape index (κ3) is 3.30. The Morgan fingerprint density at radius 2 is 2.17 bits per heavy atom. The van der Waals surface area contributed by atoms with Crippen LogP contribution in [-0.4, -0.2) is 15.0 Å². The second-order valence-electron chi connectivity index (χ2n) is 3.30. The highest BCUT2D eigenvalue weighted by Crippen LogP contribution is 2.17. The van der Waals surface area contributed by atoms with E-state index in [0.717, 1.165) is 6.07 Å². The molecule has 0 aliphatic rings. The smallest absolute Gasteiger partial charge is 0.210 e. The Labute approximate surface area is 105 Å². The molecule has 0 saturated carbocycles. The molecule has 0 unspecified atom stereocenters. The fourth-order valence-electron chi connectivity index (χ4n) is 1.29. The second kappa shape index (κ2) is 6.15. The third-order valence-electron chi connectivity index (χ3n) is 2.10. The topological polar surface area (TPSA) is 70.0 Å². The van der Waals surface area contributed by atoms with Gasteiger partial charge in [0.15, 0.2) is 0 Å². The van der Waals surface area contributed by atoms with Crippen LogP contribution in [0.2, 0.25) is 0 Å². The summed E-state index contributed by atoms with van der Waals surface area (Å²) in [5, 5.41) is 8.77. The van der Waals surface area contributed by atoms with Gasteiger partial charge in [0.2, 0.25) is 10.0 Å². The number of hydrogen-bond donors (Lipinski definition) is 1. The van der Waals surface area contributed by atoms with Crippen molar-refractivity contribution < 1.29 is 12.8 Å². The summed E-state index contributed by atoms with van der Waals surface area (Å²) in [6.07, 6.45) is 0.354. The van der Waals surface area contributed by atoms with E-state index < -0.39 is 21.4 Å². The molecule has 1 aromatic carbocycles. The Morgan fingerprint density at radius 1 is 1.44 bits per heavy atom. The van der Waals surface area contributed by atoms with Crippen molar-refractivity contribution in [3.05, 3.63) is 29.6 Å². The number of halogens is 1. The zero-order chi connectivity index (χ0) is 13.6. The predicted octanol–water partition coefficient (Wildman–Crippen LogP) is 1.39. The van der Waals surface area contributed by atoms with Crippen LogP contribution >= 0.6 is 0 Å². The largest absolute Gasteiger partial charge is 0.242 e. The molecule has 1 aromatic rings. The number of sulfonamides is 1. The predicted molar refractivity (Wildman–Crippen MR) is 64.4 cm³/mol. The fourth-order valence-corrected chi connectivity index (χ4v) is 2.48. The summed E-state index contributed by atoms with van der Waals surface area (Å²) in [6, 6.07) is 5.03. The average molecular weight is 266 g/mol. The van der Waals surface area contributed by atoms with Crippen LogP contribution in [0.3, 0.4) is 0 Å². The first kappa shape index (κ1) is 14.2. The van der Waals surface area contributed by atoms with Crippen LogP contribution in [0.1, 0.15) is 18.9 Å². The van der Waals surface area contributed by atoms with Crippen molar-refractivity contribution in [1.82, 2.24) is 4.72 Å². The van der Waals surface area contributed by atoms with E-state index in [4.69, 9.17) is 5.26 Å². The van der Waals surface area contributed by atoms with Crippen LogP contribution in [-0.2, 0) is 10.0 Å². The van der Waals surface area contributed by atoms with E-state index in [-0.39, 0.29) is 11.4 Å². The first-order chi connectivity index (χ1) is 8.53. The molecule has 0 fully saturated rings. The van der Waals surface area contributed by atoms with Gasteiger partial charge in [0.1, 0.15) is 22.3 Å². The lowest BCUT2D eigenvalue weighted by Gasteiger charge is -2.07. The van der Waals surface area contributed by atoms with Crippen LogP contribution in [0, 0.1) is 29.0 Å². The molecule has 0 heterocycles. The molecule has 1 N–H and O–H groups in total. The van der Waals surface area contributed by atoms with Gasteiger partial charge in [-0.25, -0.2) is 17.5 Å². The SMILES string of the molecule is CC#CCCNS(=O)(=O)c1cccc(F)c1C#N. The quantitative estimate of drug-likeness (QED) is 0.661. The molecule has 0 saturated heterocycles. The molecule has 1 rings (SSSR count). The maximum atomic E-state index is 13.3. The highest BCUT2D eigenvalue weighted by atomic mass is 32.2. The summed E-state index contributed by atoms with van der Waals surface area (Å²) < 4.78 is 39.3. The second-order valence-corrected chi connectivity index (χ2v) is 5.03. The van der Waals surface area contributed by atoms with Crippen molar-refractivity contribution in [2.75, 3.05) is 6.54 Å². The summed E-state index contributed by atoms with van der Waals surface area (Å²) in [4.78, 5) is -0.352. The van der Waals surface area contributed by atoms with Crippen molar-refractivity contribution in [3.63, 3.8) is 0 Å². The Kier molecular flexibility index (Phi) is 4.85. The minimum atomic E-state index is -3.89. The van der Waals surface area contributed by atoms with Gasteiger partial charge in [0.25, 0.3) is 0 Å².